The van der Waals surface area contributed by atoms with Gasteiger partial charge in [0.25, 0.3) is 0 Å². The van der Waals surface area contributed by atoms with Gasteiger partial charge >= 0.3 is 0 Å². The van der Waals surface area contributed by atoms with E-state index in [4.69, 9.17) is 0 Å². The van der Waals surface area contributed by atoms with E-state index in [-0.39, 0.29) is 12.5 Å². The van der Waals surface area contributed by atoms with Gasteiger partial charge in [-0.3, -0.25) is 4.79 Å². The molecular weight excluding hydrogens is 270 g/mol. The third-order valence-corrected chi connectivity index (χ3v) is 3.70. The number of tetrazole rings is 1. The van der Waals surface area contributed by atoms with Crippen molar-refractivity contribution in [2.45, 2.75) is 51.6 Å². The van der Waals surface area contributed by atoms with Gasteiger partial charge in [-0.05, 0) is 25.0 Å². The van der Waals surface area contributed by atoms with E-state index in [0.29, 0.717) is 11.9 Å². The molecular formula is C13H19N7O. The third-order valence-electron chi connectivity index (χ3n) is 3.70. The van der Waals surface area contributed by atoms with Crippen LogP contribution in [0.3, 0.4) is 0 Å². The lowest BCUT2D eigenvalue weighted by molar-refractivity contribution is -0.117. The summed E-state index contributed by atoms with van der Waals surface area (Å²) < 4.78 is 1.93. The number of nitrogens with zero attached hydrogens (tertiary/aromatic N) is 6. The van der Waals surface area contributed by atoms with Crippen molar-refractivity contribution >= 4 is 11.7 Å². The van der Waals surface area contributed by atoms with Crippen LogP contribution >= 0.6 is 0 Å². The van der Waals surface area contributed by atoms with Crippen LogP contribution in [-0.4, -0.2) is 35.9 Å². The largest absolute Gasteiger partial charge is 0.309 e. The predicted molar refractivity (Wildman–Crippen MR) is 75.5 cm³/mol. The van der Waals surface area contributed by atoms with Crippen LogP contribution in [0.4, 0.5) is 5.82 Å². The molecule has 1 aliphatic carbocycles. The Morgan fingerprint density at radius 2 is 2.19 bits per heavy atom. The van der Waals surface area contributed by atoms with E-state index in [1.807, 2.05) is 10.7 Å². The van der Waals surface area contributed by atoms with Crippen LogP contribution in [0.25, 0.3) is 0 Å². The first kappa shape index (κ1) is 13.7. The third kappa shape index (κ3) is 3.26. The second-order valence-electron chi connectivity index (χ2n) is 5.37. The standard InChI is InChI=1S/C13H19N7O/c1-10-16-18-19(17-10)9-13(21)15-12-7-8-14-20(12)11-5-3-2-4-6-11/h7-8,11H,2-6,9H2,1H3,(H,15,21). The summed E-state index contributed by atoms with van der Waals surface area (Å²) in [6, 6.07) is 2.21. The number of hydrogen-bond acceptors (Lipinski definition) is 5. The number of hydrogen-bond donors (Lipinski definition) is 1. The van der Waals surface area contributed by atoms with Gasteiger partial charge < -0.3 is 5.32 Å². The summed E-state index contributed by atoms with van der Waals surface area (Å²) in [4.78, 5) is 13.3. The van der Waals surface area contributed by atoms with Gasteiger partial charge in [-0.1, -0.05) is 19.3 Å². The molecule has 0 spiro atoms. The molecule has 0 atom stereocenters. The molecule has 2 aromatic heterocycles. The summed E-state index contributed by atoms with van der Waals surface area (Å²) in [5.41, 5.74) is 0. The second kappa shape index (κ2) is 6.02. The summed E-state index contributed by atoms with van der Waals surface area (Å²) in [7, 11) is 0. The van der Waals surface area contributed by atoms with E-state index in [2.05, 4.69) is 25.8 Å². The molecule has 8 heteroatoms. The quantitative estimate of drug-likeness (QED) is 0.916. The van der Waals surface area contributed by atoms with Gasteiger partial charge in [0.05, 0.1) is 12.2 Å². The highest BCUT2D eigenvalue weighted by atomic mass is 16.2. The second-order valence-corrected chi connectivity index (χ2v) is 5.37. The zero-order chi connectivity index (χ0) is 14.7. The van der Waals surface area contributed by atoms with Crippen molar-refractivity contribution in [3.8, 4) is 0 Å². The molecule has 1 saturated carbocycles. The number of rotatable bonds is 4. The molecule has 0 unspecified atom stereocenters. The maximum absolute atomic E-state index is 12.0. The molecule has 1 aliphatic rings. The highest BCUT2D eigenvalue weighted by molar-refractivity contribution is 5.89. The minimum atomic E-state index is -0.176. The first-order chi connectivity index (χ1) is 10.2. The molecule has 0 aliphatic heterocycles. The van der Waals surface area contributed by atoms with Gasteiger partial charge in [0.2, 0.25) is 5.91 Å². The number of amides is 1. The average Bonchev–Trinajstić information content (AvgIpc) is 3.09. The zero-order valence-electron chi connectivity index (χ0n) is 12.1. The Labute approximate surface area is 122 Å². The number of anilines is 1. The summed E-state index contributed by atoms with van der Waals surface area (Å²) in [5.74, 6) is 1.11. The smallest absolute Gasteiger partial charge is 0.249 e. The molecule has 0 bridgehead atoms. The molecule has 3 rings (SSSR count). The van der Waals surface area contributed by atoms with Crippen LogP contribution in [0.1, 0.15) is 44.0 Å². The first-order valence-electron chi connectivity index (χ1n) is 7.30. The van der Waals surface area contributed by atoms with Crippen molar-refractivity contribution in [3.05, 3.63) is 18.1 Å². The predicted octanol–water partition coefficient (Wildman–Crippen LogP) is 1.32. The molecule has 8 nitrogen and oxygen atoms in total. The van der Waals surface area contributed by atoms with Gasteiger partial charge in [-0.15, -0.1) is 10.2 Å². The van der Waals surface area contributed by atoms with E-state index in [1.165, 1.54) is 24.1 Å². The molecule has 2 aromatic rings. The fourth-order valence-electron chi connectivity index (χ4n) is 2.73. The molecule has 0 radical (unpaired) electrons. The monoisotopic (exact) mass is 289 g/mol. The summed E-state index contributed by atoms with van der Waals surface area (Å²) in [6.07, 6.45) is 7.70. The van der Waals surface area contributed by atoms with Gasteiger partial charge in [0.1, 0.15) is 12.4 Å². The zero-order valence-corrected chi connectivity index (χ0v) is 12.1. The number of aromatic nitrogens is 6. The Morgan fingerprint density at radius 3 is 2.90 bits per heavy atom. The van der Waals surface area contributed by atoms with Crippen molar-refractivity contribution in [3.63, 3.8) is 0 Å². The van der Waals surface area contributed by atoms with Crippen LogP contribution in [0.15, 0.2) is 12.3 Å². The lowest BCUT2D eigenvalue weighted by Gasteiger charge is -2.23. The summed E-state index contributed by atoms with van der Waals surface area (Å²) in [6.45, 7) is 1.79. The number of nitrogens with one attached hydrogen (secondary N) is 1. The molecule has 0 saturated heterocycles. The highest BCUT2D eigenvalue weighted by Gasteiger charge is 2.19. The van der Waals surface area contributed by atoms with Crippen molar-refractivity contribution < 1.29 is 4.79 Å². The van der Waals surface area contributed by atoms with Crippen molar-refractivity contribution in [2.24, 2.45) is 0 Å². The maximum atomic E-state index is 12.0. The van der Waals surface area contributed by atoms with E-state index in [0.717, 1.165) is 18.7 Å². The fraction of sp³-hybridized carbons (Fsp3) is 0.615. The van der Waals surface area contributed by atoms with Crippen LogP contribution in [0.5, 0.6) is 0 Å². The molecule has 21 heavy (non-hydrogen) atoms. The molecule has 1 N–H and O–H groups in total. The van der Waals surface area contributed by atoms with Crippen molar-refractivity contribution in [2.75, 3.05) is 5.32 Å². The van der Waals surface area contributed by atoms with Crippen LogP contribution in [0, 0.1) is 6.92 Å². The van der Waals surface area contributed by atoms with E-state index >= 15 is 0 Å². The van der Waals surface area contributed by atoms with Gasteiger partial charge in [-0.2, -0.15) is 9.90 Å². The molecule has 0 aromatic carbocycles. The van der Waals surface area contributed by atoms with Crippen LogP contribution in [-0.2, 0) is 11.3 Å². The number of carbonyl (C=O) groups excluding carboxylic acids is 1. The van der Waals surface area contributed by atoms with E-state index in [1.54, 1.807) is 13.1 Å². The highest BCUT2D eigenvalue weighted by Crippen LogP contribution is 2.29. The van der Waals surface area contributed by atoms with Crippen molar-refractivity contribution in [1.29, 1.82) is 0 Å². The van der Waals surface area contributed by atoms with Gasteiger partial charge in [-0.25, -0.2) is 4.68 Å². The maximum Gasteiger partial charge on any atom is 0.249 e. The summed E-state index contributed by atoms with van der Waals surface area (Å²) in [5, 5.41) is 18.8. The summed E-state index contributed by atoms with van der Waals surface area (Å²) >= 11 is 0. The minimum Gasteiger partial charge on any atom is -0.309 e. The Balaban J connectivity index is 1.64. The molecule has 2 heterocycles. The Morgan fingerprint density at radius 1 is 1.38 bits per heavy atom. The van der Waals surface area contributed by atoms with E-state index < -0.39 is 0 Å². The number of carbonyl (C=O) groups is 1. The minimum absolute atomic E-state index is 0.0523. The van der Waals surface area contributed by atoms with Crippen LogP contribution in [0.2, 0.25) is 0 Å². The first-order valence-corrected chi connectivity index (χ1v) is 7.30. The van der Waals surface area contributed by atoms with Gasteiger partial charge in [0.15, 0.2) is 5.82 Å². The topological polar surface area (TPSA) is 90.5 Å². The van der Waals surface area contributed by atoms with Crippen LogP contribution < -0.4 is 5.32 Å². The van der Waals surface area contributed by atoms with Gasteiger partial charge in [0, 0.05) is 6.07 Å². The molecule has 1 fully saturated rings. The van der Waals surface area contributed by atoms with Crippen molar-refractivity contribution in [1.82, 2.24) is 30.0 Å². The molecule has 112 valence electrons. The lowest BCUT2D eigenvalue weighted by atomic mass is 9.96. The SMILES string of the molecule is Cc1nnn(CC(=O)Nc2ccnn2C2CCCCC2)n1. The Hall–Kier alpha value is -2.25. The average molecular weight is 289 g/mol. The number of aryl methyl sites for hydroxylation is 1. The fourth-order valence-corrected chi connectivity index (χ4v) is 2.73. The normalized spacial score (nSPS) is 16.0. The Kier molecular flexibility index (Phi) is 3.94. The molecule has 1 amide bonds. The van der Waals surface area contributed by atoms with E-state index in [9.17, 15) is 4.79 Å². The Bertz CT molecular complexity index is 612. The lowest BCUT2D eigenvalue weighted by Crippen LogP contribution is -2.24.